The van der Waals surface area contributed by atoms with Gasteiger partial charge in [0.15, 0.2) is 6.10 Å². The van der Waals surface area contributed by atoms with Gasteiger partial charge in [0.2, 0.25) is 13.0 Å². The Morgan fingerprint density at radius 2 is 1.70 bits per heavy atom. The van der Waals surface area contributed by atoms with Gasteiger partial charge in [-0.3, -0.25) is 4.79 Å². The highest BCUT2D eigenvalue weighted by Gasteiger charge is 2.27. The molecule has 0 aromatic heterocycles. The molecule has 2 aromatic carbocycles. The molecule has 1 unspecified atom stereocenters. The van der Waals surface area contributed by atoms with Gasteiger partial charge in [0.1, 0.15) is 11.4 Å². The van der Waals surface area contributed by atoms with Gasteiger partial charge in [-0.25, -0.2) is 24.4 Å². The van der Waals surface area contributed by atoms with Crippen molar-refractivity contribution in [2.45, 2.75) is 52.2 Å². The van der Waals surface area contributed by atoms with Crippen molar-refractivity contribution in [3.63, 3.8) is 0 Å². The number of hydrogen-bond donors (Lipinski definition) is 3. The lowest BCUT2D eigenvalue weighted by Crippen LogP contribution is -2.52. The molecule has 0 saturated carbocycles. The number of nitrogens with one attached hydrogen (secondary N) is 1. The van der Waals surface area contributed by atoms with Crippen LogP contribution < -0.4 is 5.43 Å². The molecule has 0 amide bonds. The number of hydrogen-bond acceptors (Lipinski definition) is 10. The fourth-order valence-electron chi connectivity index (χ4n) is 3.02. The van der Waals surface area contributed by atoms with Crippen LogP contribution in [0.15, 0.2) is 42.5 Å². The molecule has 0 bridgehead atoms. The van der Waals surface area contributed by atoms with E-state index in [0.29, 0.717) is 21.7 Å². The zero-order valence-electron chi connectivity index (χ0n) is 20.9. The average molecular weight is 541 g/mol. The van der Waals surface area contributed by atoms with Gasteiger partial charge < -0.3 is 24.4 Å². The number of carbonyl (C=O) groups is 3. The molecular weight excluding hydrogens is 511 g/mol. The number of halogens is 2. The number of benzene rings is 2. The van der Waals surface area contributed by atoms with Crippen molar-refractivity contribution in [3.05, 3.63) is 58.9 Å². The third-order valence-corrected chi connectivity index (χ3v) is 4.87. The molecule has 0 heterocycles. The lowest BCUT2D eigenvalue weighted by molar-refractivity contribution is -0.175. The summed E-state index contributed by atoms with van der Waals surface area (Å²) in [6.45, 7) is 4.89. The highest BCUT2D eigenvalue weighted by atomic mass is 35.5. The molecule has 3 N–H and O–H groups in total. The fraction of sp³-hybridized carbons (Fsp3) is 0.400. The van der Waals surface area contributed by atoms with Gasteiger partial charge in [0.25, 0.3) is 0 Å². The largest absolute Gasteiger partial charge is 0.457 e. The number of aliphatic hydroxyl groups excluding tert-OH is 2. The SMILES string of the molecule is CC(=O)OCOC(=O)[C@H](O)CN(Cc1ccc(-c2cc(Cl)ccc2F)cc1)NC(O)C(=O)OC(C)(C)C. The topological polar surface area (TPSA) is 135 Å². The van der Waals surface area contributed by atoms with Crippen molar-refractivity contribution in [1.29, 1.82) is 0 Å². The number of rotatable bonds is 11. The smallest absolute Gasteiger partial charge is 0.352 e. The summed E-state index contributed by atoms with van der Waals surface area (Å²) in [7, 11) is 0. The van der Waals surface area contributed by atoms with Crippen LogP contribution in [0.2, 0.25) is 5.02 Å². The van der Waals surface area contributed by atoms with Crippen molar-refractivity contribution in [2.75, 3.05) is 13.3 Å². The second kappa shape index (κ2) is 13.5. The molecule has 10 nitrogen and oxygen atoms in total. The molecule has 202 valence electrons. The quantitative estimate of drug-likeness (QED) is 0.222. The lowest BCUT2D eigenvalue weighted by atomic mass is 10.0. The van der Waals surface area contributed by atoms with E-state index in [1.807, 2.05) is 0 Å². The summed E-state index contributed by atoms with van der Waals surface area (Å²) in [5.74, 6) is -3.19. The Kier molecular flexibility index (Phi) is 11.0. The maximum absolute atomic E-state index is 14.2. The Morgan fingerprint density at radius 3 is 2.30 bits per heavy atom. The third kappa shape index (κ3) is 10.4. The molecule has 0 aliphatic heterocycles. The predicted molar refractivity (Wildman–Crippen MR) is 131 cm³/mol. The number of nitrogens with zero attached hydrogens (tertiary/aromatic N) is 1. The summed E-state index contributed by atoms with van der Waals surface area (Å²) >= 11 is 5.97. The first-order valence-electron chi connectivity index (χ1n) is 11.2. The van der Waals surface area contributed by atoms with Crippen LogP contribution in [0.4, 0.5) is 4.39 Å². The normalized spacial score (nSPS) is 13.1. The third-order valence-electron chi connectivity index (χ3n) is 4.63. The van der Waals surface area contributed by atoms with Crippen molar-refractivity contribution in [1.82, 2.24) is 10.4 Å². The Labute approximate surface area is 218 Å². The predicted octanol–water partition coefficient (Wildman–Crippen LogP) is 2.54. The van der Waals surface area contributed by atoms with Crippen LogP contribution in [0, 0.1) is 5.82 Å². The molecule has 12 heteroatoms. The lowest BCUT2D eigenvalue weighted by Gasteiger charge is -2.29. The van der Waals surface area contributed by atoms with Crippen LogP contribution in [0.3, 0.4) is 0 Å². The van der Waals surface area contributed by atoms with Crippen molar-refractivity contribution in [2.24, 2.45) is 0 Å². The summed E-state index contributed by atoms with van der Waals surface area (Å²) < 4.78 is 28.5. The van der Waals surface area contributed by atoms with Crippen LogP contribution in [0.5, 0.6) is 0 Å². The monoisotopic (exact) mass is 540 g/mol. The van der Waals surface area contributed by atoms with E-state index in [0.717, 1.165) is 6.92 Å². The first-order chi connectivity index (χ1) is 17.2. The zero-order valence-corrected chi connectivity index (χ0v) is 21.6. The molecule has 0 aliphatic rings. The fourth-order valence-corrected chi connectivity index (χ4v) is 3.20. The van der Waals surface area contributed by atoms with Gasteiger partial charge in [0.05, 0.1) is 6.54 Å². The van der Waals surface area contributed by atoms with Gasteiger partial charge in [0, 0.05) is 24.1 Å². The van der Waals surface area contributed by atoms with E-state index < -0.39 is 55.0 Å². The van der Waals surface area contributed by atoms with Gasteiger partial charge >= 0.3 is 17.9 Å². The first kappa shape index (κ1) is 30.1. The molecule has 0 fully saturated rings. The van der Waals surface area contributed by atoms with Crippen molar-refractivity contribution < 1.29 is 43.2 Å². The standard InChI is InChI=1S/C25H30ClFN2O8/c1-15(30)35-14-36-23(33)21(31)13-29(28-22(32)24(34)37-25(2,3)4)12-16-5-7-17(8-6-16)19-11-18(26)9-10-20(19)27/h5-11,21-22,28,31-32H,12-14H2,1-4H3/t21-,22?/m1/s1. The molecule has 2 aromatic rings. The first-order valence-corrected chi connectivity index (χ1v) is 11.6. The van der Waals surface area contributed by atoms with E-state index in [-0.39, 0.29) is 6.54 Å². The number of aliphatic hydroxyl groups is 2. The van der Waals surface area contributed by atoms with Gasteiger partial charge in [-0.15, -0.1) is 0 Å². The molecule has 2 atom stereocenters. The molecule has 0 spiro atoms. The summed E-state index contributed by atoms with van der Waals surface area (Å²) in [6, 6.07) is 10.8. The molecule has 0 aliphatic carbocycles. The van der Waals surface area contributed by atoms with E-state index >= 15 is 0 Å². The minimum absolute atomic E-state index is 0.00749. The van der Waals surface area contributed by atoms with Crippen LogP contribution >= 0.6 is 11.6 Å². The maximum Gasteiger partial charge on any atom is 0.352 e. The van der Waals surface area contributed by atoms with Crippen LogP contribution in [0.25, 0.3) is 11.1 Å². The summed E-state index contributed by atoms with van der Waals surface area (Å²) in [5.41, 5.74) is 3.12. The summed E-state index contributed by atoms with van der Waals surface area (Å²) in [6.07, 6.45) is -3.54. The number of carbonyl (C=O) groups excluding carboxylic acids is 3. The Morgan fingerprint density at radius 1 is 1.05 bits per heavy atom. The Hall–Kier alpha value is -3.09. The van der Waals surface area contributed by atoms with Gasteiger partial charge in [-0.1, -0.05) is 35.9 Å². The second-order valence-corrected chi connectivity index (χ2v) is 9.44. The van der Waals surface area contributed by atoms with E-state index in [2.05, 4.69) is 14.9 Å². The minimum Gasteiger partial charge on any atom is -0.457 e. The summed E-state index contributed by atoms with van der Waals surface area (Å²) in [5, 5.41) is 22.2. The highest BCUT2D eigenvalue weighted by molar-refractivity contribution is 6.30. The Balaban J connectivity index is 2.16. The molecule has 0 saturated heterocycles. The van der Waals surface area contributed by atoms with Crippen molar-refractivity contribution in [3.8, 4) is 11.1 Å². The Bertz CT molecular complexity index is 1090. The number of hydrazine groups is 1. The molecule has 0 radical (unpaired) electrons. The van der Waals surface area contributed by atoms with E-state index in [4.69, 9.17) is 16.3 Å². The van der Waals surface area contributed by atoms with E-state index in [9.17, 15) is 29.0 Å². The molecular formula is C25H30ClFN2O8. The van der Waals surface area contributed by atoms with Crippen LogP contribution in [0.1, 0.15) is 33.3 Å². The van der Waals surface area contributed by atoms with Gasteiger partial charge in [-0.2, -0.15) is 0 Å². The number of ether oxygens (including phenoxy) is 3. The van der Waals surface area contributed by atoms with E-state index in [1.165, 1.54) is 23.2 Å². The average Bonchev–Trinajstić information content (AvgIpc) is 2.79. The molecule has 2 rings (SSSR count). The summed E-state index contributed by atoms with van der Waals surface area (Å²) in [4.78, 5) is 35.1. The highest BCUT2D eigenvalue weighted by Crippen LogP contribution is 2.26. The number of esters is 3. The van der Waals surface area contributed by atoms with Gasteiger partial charge in [-0.05, 0) is 50.1 Å². The van der Waals surface area contributed by atoms with Crippen molar-refractivity contribution >= 4 is 29.5 Å². The second-order valence-electron chi connectivity index (χ2n) is 9.00. The molecule has 37 heavy (non-hydrogen) atoms. The zero-order chi connectivity index (χ0) is 27.8. The van der Waals surface area contributed by atoms with E-state index in [1.54, 1.807) is 45.0 Å². The van der Waals surface area contributed by atoms with Crippen LogP contribution in [-0.4, -0.2) is 64.4 Å². The maximum atomic E-state index is 14.2. The van der Waals surface area contributed by atoms with Crippen LogP contribution in [-0.2, 0) is 35.1 Å². The minimum atomic E-state index is -1.82.